The van der Waals surface area contributed by atoms with Gasteiger partial charge in [0.15, 0.2) is 0 Å². The molecule has 0 aliphatic carbocycles. The minimum Gasteiger partial charge on any atom is -0.390 e. The Morgan fingerprint density at radius 1 is 1.31 bits per heavy atom. The molecule has 0 bridgehead atoms. The van der Waals surface area contributed by atoms with Crippen molar-refractivity contribution in [3.8, 4) is 0 Å². The fraction of sp³-hybridized carbons (Fsp3) is 0.200. The van der Waals surface area contributed by atoms with E-state index in [1.165, 1.54) is 4.88 Å². The Labute approximate surface area is 81.1 Å². The highest BCUT2D eigenvalue weighted by molar-refractivity contribution is 7.09. The van der Waals surface area contributed by atoms with Crippen molar-refractivity contribution < 1.29 is 5.11 Å². The van der Waals surface area contributed by atoms with Gasteiger partial charge < -0.3 is 9.67 Å². The van der Waals surface area contributed by atoms with Crippen LogP contribution >= 0.6 is 11.3 Å². The molecule has 2 rings (SSSR count). The highest BCUT2D eigenvalue weighted by atomic mass is 32.1. The molecule has 0 unspecified atom stereocenters. The Hall–Kier alpha value is -1.06. The zero-order valence-electron chi connectivity index (χ0n) is 7.18. The van der Waals surface area contributed by atoms with E-state index in [-0.39, 0.29) is 6.61 Å². The third-order valence-electron chi connectivity index (χ3n) is 1.99. The molecule has 0 aliphatic heterocycles. The maximum atomic E-state index is 9.02. The SMILES string of the molecule is OCc1cccn1Cc1cccs1. The monoisotopic (exact) mass is 193 g/mol. The number of nitrogens with zero attached hydrogens (tertiary/aromatic N) is 1. The van der Waals surface area contributed by atoms with E-state index in [4.69, 9.17) is 5.11 Å². The fourth-order valence-electron chi connectivity index (χ4n) is 1.32. The van der Waals surface area contributed by atoms with E-state index in [1.54, 1.807) is 11.3 Å². The van der Waals surface area contributed by atoms with Gasteiger partial charge in [0.05, 0.1) is 13.2 Å². The van der Waals surface area contributed by atoms with Gasteiger partial charge in [0.2, 0.25) is 0 Å². The molecular weight excluding hydrogens is 182 g/mol. The van der Waals surface area contributed by atoms with E-state index in [2.05, 4.69) is 16.0 Å². The number of hydrogen-bond acceptors (Lipinski definition) is 2. The molecule has 0 radical (unpaired) electrons. The van der Waals surface area contributed by atoms with Crippen molar-refractivity contribution in [1.29, 1.82) is 0 Å². The standard InChI is InChI=1S/C10H11NOS/c12-8-9-3-1-5-11(9)7-10-4-2-6-13-10/h1-6,12H,7-8H2. The largest absolute Gasteiger partial charge is 0.390 e. The lowest BCUT2D eigenvalue weighted by Crippen LogP contribution is -2.01. The van der Waals surface area contributed by atoms with Gasteiger partial charge in [0, 0.05) is 16.8 Å². The van der Waals surface area contributed by atoms with Crippen molar-refractivity contribution in [3.05, 3.63) is 46.4 Å². The molecule has 0 amide bonds. The Bertz CT molecular complexity index is 364. The molecule has 1 N–H and O–H groups in total. The summed E-state index contributed by atoms with van der Waals surface area (Å²) in [5, 5.41) is 11.1. The van der Waals surface area contributed by atoms with Crippen LogP contribution in [0.3, 0.4) is 0 Å². The lowest BCUT2D eigenvalue weighted by Gasteiger charge is -2.04. The van der Waals surface area contributed by atoms with Crippen LogP contribution in [0.15, 0.2) is 35.8 Å². The molecule has 2 aromatic heterocycles. The summed E-state index contributed by atoms with van der Waals surface area (Å²) in [6, 6.07) is 8.04. The van der Waals surface area contributed by atoms with Crippen molar-refractivity contribution >= 4 is 11.3 Å². The molecule has 0 fully saturated rings. The van der Waals surface area contributed by atoms with Crippen LogP contribution in [0.2, 0.25) is 0 Å². The molecule has 2 aromatic rings. The Morgan fingerprint density at radius 3 is 2.92 bits per heavy atom. The first-order valence-corrected chi connectivity index (χ1v) is 5.05. The summed E-state index contributed by atoms with van der Waals surface area (Å²) in [7, 11) is 0. The van der Waals surface area contributed by atoms with Crippen LogP contribution in [0.25, 0.3) is 0 Å². The lowest BCUT2D eigenvalue weighted by atomic mass is 10.4. The smallest absolute Gasteiger partial charge is 0.0832 e. The second kappa shape index (κ2) is 3.77. The number of hydrogen-bond donors (Lipinski definition) is 1. The zero-order chi connectivity index (χ0) is 9.10. The van der Waals surface area contributed by atoms with Crippen molar-refractivity contribution in [2.75, 3.05) is 0 Å². The molecule has 0 spiro atoms. The van der Waals surface area contributed by atoms with Crippen molar-refractivity contribution in [2.24, 2.45) is 0 Å². The average Bonchev–Trinajstić information content (AvgIpc) is 2.76. The van der Waals surface area contributed by atoms with Crippen LogP contribution in [-0.4, -0.2) is 9.67 Å². The van der Waals surface area contributed by atoms with Gasteiger partial charge in [-0.15, -0.1) is 11.3 Å². The average molecular weight is 193 g/mol. The molecule has 2 heterocycles. The number of thiophene rings is 1. The topological polar surface area (TPSA) is 25.2 Å². The van der Waals surface area contributed by atoms with Gasteiger partial charge in [-0.2, -0.15) is 0 Å². The maximum Gasteiger partial charge on any atom is 0.0832 e. The summed E-state index contributed by atoms with van der Waals surface area (Å²) in [4.78, 5) is 1.31. The van der Waals surface area contributed by atoms with E-state index < -0.39 is 0 Å². The van der Waals surface area contributed by atoms with Gasteiger partial charge in [-0.3, -0.25) is 0 Å². The molecule has 0 atom stereocenters. The van der Waals surface area contributed by atoms with Crippen LogP contribution in [-0.2, 0) is 13.2 Å². The Balaban J connectivity index is 2.18. The van der Waals surface area contributed by atoms with Crippen molar-refractivity contribution in [3.63, 3.8) is 0 Å². The van der Waals surface area contributed by atoms with Crippen LogP contribution in [0, 0.1) is 0 Å². The van der Waals surface area contributed by atoms with Crippen molar-refractivity contribution in [2.45, 2.75) is 13.2 Å². The third kappa shape index (κ3) is 1.82. The predicted octanol–water partition coefficient (Wildman–Crippen LogP) is 2.09. The molecule has 0 saturated heterocycles. The molecule has 0 aliphatic rings. The van der Waals surface area contributed by atoms with Gasteiger partial charge >= 0.3 is 0 Å². The summed E-state index contributed by atoms with van der Waals surface area (Å²) in [6.45, 7) is 0.971. The van der Waals surface area contributed by atoms with Crippen LogP contribution in [0.1, 0.15) is 10.6 Å². The number of aromatic nitrogens is 1. The molecule has 68 valence electrons. The van der Waals surface area contributed by atoms with Gasteiger partial charge in [-0.05, 0) is 23.6 Å². The summed E-state index contributed by atoms with van der Waals surface area (Å²) >= 11 is 1.74. The van der Waals surface area contributed by atoms with E-state index in [0.717, 1.165) is 12.2 Å². The minimum atomic E-state index is 0.109. The number of aliphatic hydroxyl groups is 1. The molecule has 13 heavy (non-hydrogen) atoms. The van der Waals surface area contributed by atoms with E-state index in [9.17, 15) is 0 Å². The predicted molar refractivity (Wildman–Crippen MR) is 53.8 cm³/mol. The van der Waals surface area contributed by atoms with E-state index in [0.29, 0.717) is 0 Å². The van der Waals surface area contributed by atoms with Gasteiger partial charge in [-0.25, -0.2) is 0 Å². The van der Waals surface area contributed by atoms with Crippen LogP contribution < -0.4 is 0 Å². The normalized spacial score (nSPS) is 10.5. The summed E-state index contributed by atoms with van der Waals surface area (Å²) < 4.78 is 2.06. The Morgan fingerprint density at radius 2 is 2.23 bits per heavy atom. The van der Waals surface area contributed by atoms with Gasteiger partial charge in [0.1, 0.15) is 0 Å². The Kier molecular flexibility index (Phi) is 2.47. The van der Waals surface area contributed by atoms with Gasteiger partial charge in [-0.1, -0.05) is 6.07 Å². The maximum absolute atomic E-state index is 9.02. The first-order chi connectivity index (χ1) is 6.40. The van der Waals surface area contributed by atoms with Crippen LogP contribution in [0.4, 0.5) is 0 Å². The summed E-state index contributed by atoms with van der Waals surface area (Å²) in [6.07, 6.45) is 1.99. The number of rotatable bonds is 3. The second-order valence-electron chi connectivity index (χ2n) is 2.86. The molecular formula is C10H11NOS. The number of aliphatic hydroxyl groups excluding tert-OH is 1. The zero-order valence-corrected chi connectivity index (χ0v) is 8.00. The van der Waals surface area contributed by atoms with E-state index >= 15 is 0 Å². The summed E-state index contributed by atoms with van der Waals surface area (Å²) in [5.41, 5.74) is 0.966. The van der Waals surface area contributed by atoms with Gasteiger partial charge in [0.25, 0.3) is 0 Å². The quantitative estimate of drug-likeness (QED) is 0.793. The van der Waals surface area contributed by atoms with Crippen molar-refractivity contribution in [1.82, 2.24) is 4.57 Å². The molecule has 2 nitrogen and oxygen atoms in total. The second-order valence-corrected chi connectivity index (χ2v) is 3.90. The third-order valence-corrected chi connectivity index (χ3v) is 2.85. The minimum absolute atomic E-state index is 0.109. The first-order valence-electron chi connectivity index (χ1n) is 4.17. The fourth-order valence-corrected chi connectivity index (χ4v) is 2.02. The first kappa shape index (κ1) is 8.53. The van der Waals surface area contributed by atoms with E-state index in [1.807, 2.05) is 24.4 Å². The highest BCUT2D eigenvalue weighted by Gasteiger charge is 2.00. The molecule has 0 aromatic carbocycles. The molecule has 3 heteroatoms. The summed E-state index contributed by atoms with van der Waals surface area (Å²) in [5.74, 6) is 0. The molecule has 0 saturated carbocycles. The lowest BCUT2D eigenvalue weighted by molar-refractivity contribution is 0.271. The van der Waals surface area contributed by atoms with Crippen LogP contribution in [0.5, 0.6) is 0 Å². The highest BCUT2D eigenvalue weighted by Crippen LogP contribution is 2.12.